The molecule has 0 bridgehead atoms. The second-order valence-electron chi connectivity index (χ2n) is 5.17. The van der Waals surface area contributed by atoms with Crippen LogP contribution in [-0.2, 0) is 11.2 Å². The fraction of sp³-hybridized carbons (Fsp3) is 0.235. The minimum Gasteiger partial charge on any atom is -0.493 e. The fourth-order valence-electron chi connectivity index (χ4n) is 2.29. The first kappa shape index (κ1) is 17.3. The lowest BCUT2D eigenvalue weighted by molar-refractivity contribution is -0.384. The minimum absolute atomic E-state index is 0.0740. The molecule has 0 fully saturated rings. The summed E-state index contributed by atoms with van der Waals surface area (Å²) in [4.78, 5) is 22.5. The number of amides is 1. The second kappa shape index (κ2) is 7.45. The lowest BCUT2D eigenvalue weighted by atomic mass is 10.0. The summed E-state index contributed by atoms with van der Waals surface area (Å²) in [5, 5.41) is 13.4. The van der Waals surface area contributed by atoms with Gasteiger partial charge >= 0.3 is 0 Å². The maximum Gasteiger partial charge on any atom is 0.271 e. The Balaban J connectivity index is 2.15. The first-order chi connectivity index (χ1) is 11.4. The van der Waals surface area contributed by atoms with Crippen LogP contribution >= 0.6 is 0 Å². The molecule has 0 aliphatic heterocycles. The summed E-state index contributed by atoms with van der Waals surface area (Å²) in [5.41, 5.74) is 1.99. The van der Waals surface area contributed by atoms with Crippen molar-refractivity contribution in [3.05, 3.63) is 57.6 Å². The summed E-state index contributed by atoms with van der Waals surface area (Å²) in [6, 6.07) is 9.37. The van der Waals surface area contributed by atoms with E-state index in [2.05, 4.69) is 5.32 Å². The van der Waals surface area contributed by atoms with E-state index in [0.29, 0.717) is 17.2 Å². The number of hydrogen-bond donors (Lipinski definition) is 1. The van der Waals surface area contributed by atoms with Gasteiger partial charge in [-0.25, -0.2) is 0 Å². The Hall–Kier alpha value is -3.09. The number of ether oxygens (including phenoxy) is 2. The van der Waals surface area contributed by atoms with E-state index >= 15 is 0 Å². The Labute approximate surface area is 139 Å². The van der Waals surface area contributed by atoms with Crippen molar-refractivity contribution in [3.63, 3.8) is 0 Å². The third kappa shape index (κ3) is 4.01. The van der Waals surface area contributed by atoms with E-state index < -0.39 is 4.92 Å². The van der Waals surface area contributed by atoms with Crippen LogP contribution < -0.4 is 14.8 Å². The zero-order valence-electron chi connectivity index (χ0n) is 13.7. The van der Waals surface area contributed by atoms with E-state index in [1.807, 2.05) is 6.92 Å². The number of nitrogens with zero attached hydrogens (tertiary/aromatic N) is 1. The van der Waals surface area contributed by atoms with Gasteiger partial charge < -0.3 is 14.8 Å². The molecular formula is C17H18N2O5. The molecule has 7 heteroatoms. The average molecular weight is 330 g/mol. The van der Waals surface area contributed by atoms with Crippen molar-refractivity contribution in [1.82, 2.24) is 0 Å². The summed E-state index contributed by atoms with van der Waals surface area (Å²) >= 11 is 0. The topological polar surface area (TPSA) is 90.7 Å². The molecule has 24 heavy (non-hydrogen) atoms. The summed E-state index contributed by atoms with van der Waals surface area (Å²) in [6.07, 6.45) is 0.120. The van der Waals surface area contributed by atoms with Gasteiger partial charge in [-0.3, -0.25) is 14.9 Å². The summed E-state index contributed by atoms with van der Waals surface area (Å²) < 4.78 is 10.5. The van der Waals surface area contributed by atoms with Crippen molar-refractivity contribution in [1.29, 1.82) is 0 Å². The van der Waals surface area contributed by atoms with E-state index in [0.717, 1.165) is 11.1 Å². The lowest BCUT2D eigenvalue weighted by Crippen LogP contribution is -2.15. The van der Waals surface area contributed by atoms with Crippen LogP contribution in [0, 0.1) is 17.0 Å². The highest BCUT2D eigenvalue weighted by atomic mass is 16.6. The number of carbonyl (C=O) groups excluding carboxylic acids is 1. The van der Waals surface area contributed by atoms with Gasteiger partial charge in [0.15, 0.2) is 11.5 Å². The second-order valence-corrected chi connectivity index (χ2v) is 5.17. The molecule has 0 atom stereocenters. The standard InChI is InChI=1S/C17H18N2O5/c1-11-7-15(23-2)16(24-3)8-12(11)9-17(20)18-13-5-4-6-14(10-13)19(21)22/h4-8,10H,9H2,1-3H3,(H,18,20). The maximum absolute atomic E-state index is 12.2. The van der Waals surface area contributed by atoms with E-state index in [1.54, 1.807) is 25.3 Å². The Morgan fingerprint density at radius 3 is 2.46 bits per heavy atom. The van der Waals surface area contributed by atoms with Gasteiger partial charge in [0.05, 0.1) is 25.6 Å². The number of hydrogen-bond acceptors (Lipinski definition) is 5. The smallest absolute Gasteiger partial charge is 0.271 e. The van der Waals surface area contributed by atoms with Crippen molar-refractivity contribution < 1.29 is 19.2 Å². The van der Waals surface area contributed by atoms with Gasteiger partial charge in [-0.2, -0.15) is 0 Å². The van der Waals surface area contributed by atoms with Crippen molar-refractivity contribution in [3.8, 4) is 11.5 Å². The SMILES string of the molecule is COc1cc(C)c(CC(=O)Nc2cccc([N+](=O)[O-])c2)cc1OC. The van der Waals surface area contributed by atoms with Crippen LogP contribution in [0.1, 0.15) is 11.1 Å². The van der Waals surface area contributed by atoms with Crippen LogP contribution in [0.5, 0.6) is 11.5 Å². The average Bonchev–Trinajstić information content (AvgIpc) is 2.56. The number of nitro benzene ring substituents is 1. The van der Waals surface area contributed by atoms with Gasteiger partial charge in [-0.05, 0) is 36.2 Å². The number of rotatable bonds is 6. The molecule has 0 spiro atoms. The summed E-state index contributed by atoms with van der Waals surface area (Å²) in [6.45, 7) is 1.87. The fourth-order valence-corrected chi connectivity index (χ4v) is 2.29. The monoisotopic (exact) mass is 330 g/mol. The van der Waals surface area contributed by atoms with E-state index in [1.165, 1.54) is 25.3 Å². The highest BCUT2D eigenvalue weighted by Crippen LogP contribution is 2.30. The molecule has 0 aromatic heterocycles. The van der Waals surface area contributed by atoms with Crippen molar-refractivity contribution in [2.45, 2.75) is 13.3 Å². The molecule has 1 N–H and O–H groups in total. The van der Waals surface area contributed by atoms with Crippen LogP contribution in [-0.4, -0.2) is 25.1 Å². The Morgan fingerprint density at radius 2 is 1.83 bits per heavy atom. The van der Waals surface area contributed by atoms with E-state index in [4.69, 9.17) is 9.47 Å². The van der Waals surface area contributed by atoms with Gasteiger partial charge in [0, 0.05) is 17.8 Å². The third-order valence-corrected chi connectivity index (χ3v) is 3.53. The van der Waals surface area contributed by atoms with Crippen molar-refractivity contribution in [2.75, 3.05) is 19.5 Å². The molecule has 0 radical (unpaired) electrons. The first-order valence-corrected chi connectivity index (χ1v) is 7.20. The Morgan fingerprint density at radius 1 is 1.17 bits per heavy atom. The van der Waals surface area contributed by atoms with Crippen molar-refractivity contribution in [2.24, 2.45) is 0 Å². The van der Waals surface area contributed by atoms with E-state index in [9.17, 15) is 14.9 Å². The van der Waals surface area contributed by atoms with Crippen LogP contribution in [0.4, 0.5) is 11.4 Å². The molecule has 0 heterocycles. The van der Waals surface area contributed by atoms with Gasteiger partial charge in [0.2, 0.25) is 5.91 Å². The van der Waals surface area contributed by atoms with Gasteiger partial charge in [-0.15, -0.1) is 0 Å². The molecule has 0 saturated heterocycles. The first-order valence-electron chi connectivity index (χ1n) is 7.20. The molecule has 126 valence electrons. The normalized spacial score (nSPS) is 10.1. The molecule has 0 aliphatic carbocycles. The lowest BCUT2D eigenvalue weighted by Gasteiger charge is -2.13. The van der Waals surface area contributed by atoms with Crippen molar-refractivity contribution >= 4 is 17.3 Å². The van der Waals surface area contributed by atoms with Crippen LogP contribution in [0.3, 0.4) is 0 Å². The number of nitrogens with one attached hydrogen (secondary N) is 1. The number of anilines is 1. The quantitative estimate of drug-likeness (QED) is 0.649. The number of aryl methyl sites for hydroxylation is 1. The zero-order valence-corrected chi connectivity index (χ0v) is 13.7. The molecule has 2 rings (SSSR count). The van der Waals surface area contributed by atoms with E-state index in [-0.39, 0.29) is 18.0 Å². The molecular weight excluding hydrogens is 312 g/mol. The number of methoxy groups -OCH3 is 2. The predicted molar refractivity (Wildman–Crippen MR) is 89.7 cm³/mol. The van der Waals surface area contributed by atoms with Crippen LogP contribution in [0.2, 0.25) is 0 Å². The molecule has 1 amide bonds. The maximum atomic E-state index is 12.2. The van der Waals surface area contributed by atoms with Gasteiger partial charge in [0.25, 0.3) is 5.69 Å². The molecule has 2 aromatic carbocycles. The predicted octanol–water partition coefficient (Wildman–Crippen LogP) is 3.10. The number of benzene rings is 2. The molecule has 7 nitrogen and oxygen atoms in total. The van der Waals surface area contributed by atoms with Crippen LogP contribution in [0.15, 0.2) is 36.4 Å². The molecule has 0 aliphatic rings. The van der Waals surface area contributed by atoms with Crippen LogP contribution in [0.25, 0.3) is 0 Å². The highest BCUT2D eigenvalue weighted by Gasteiger charge is 2.13. The zero-order chi connectivity index (χ0) is 17.7. The third-order valence-electron chi connectivity index (χ3n) is 3.53. The molecule has 0 unspecified atom stereocenters. The molecule has 0 saturated carbocycles. The largest absolute Gasteiger partial charge is 0.493 e. The van der Waals surface area contributed by atoms with Gasteiger partial charge in [-0.1, -0.05) is 6.07 Å². The number of carbonyl (C=O) groups is 1. The highest BCUT2D eigenvalue weighted by molar-refractivity contribution is 5.92. The Kier molecular flexibility index (Phi) is 5.36. The number of non-ortho nitro benzene ring substituents is 1. The summed E-state index contributed by atoms with van der Waals surface area (Å²) in [5.74, 6) is 0.866. The van der Waals surface area contributed by atoms with Gasteiger partial charge in [0.1, 0.15) is 0 Å². The Bertz CT molecular complexity index is 774. The number of nitro groups is 1. The molecule has 2 aromatic rings. The summed E-state index contributed by atoms with van der Waals surface area (Å²) in [7, 11) is 3.08. The minimum atomic E-state index is -0.506.